The first-order chi connectivity index (χ1) is 8.43. The lowest BCUT2D eigenvalue weighted by Crippen LogP contribution is -2.38. The number of hydrogen-bond acceptors (Lipinski definition) is 4. The second-order valence-electron chi connectivity index (χ2n) is 4.56. The fraction of sp³-hybridized carbons (Fsp3) is 0.917. The molecule has 1 unspecified atom stereocenters. The molecule has 0 radical (unpaired) electrons. The Morgan fingerprint density at radius 2 is 1.89 bits per heavy atom. The van der Waals surface area contributed by atoms with Gasteiger partial charge in [-0.3, -0.25) is 9.57 Å². The Balaban J connectivity index is 4.13. The quantitative estimate of drug-likeness (QED) is 0.505. The molecule has 0 aliphatic carbocycles. The van der Waals surface area contributed by atoms with Gasteiger partial charge < -0.3 is 10.4 Å². The molecule has 0 bridgehead atoms. The maximum Gasteiger partial charge on any atom is 0.320 e. The lowest BCUT2D eigenvalue weighted by molar-refractivity contribution is -0.139. The van der Waals surface area contributed by atoms with Crippen molar-refractivity contribution in [2.45, 2.75) is 52.0 Å². The van der Waals surface area contributed by atoms with Crippen molar-refractivity contribution in [3.05, 3.63) is 0 Å². The Kier molecular flexibility index (Phi) is 9.01. The van der Waals surface area contributed by atoms with E-state index in [4.69, 9.17) is 9.89 Å². The van der Waals surface area contributed by atoms with Gasteiger partial charge in [-0.1, -0.05) is 26.7 Å². The number of carbonyl (C=O) groups is 1. The highest BCUT2D eigenvalue weighted by Crippen LogP contribution is 2.04. The summed E-state index contributed by atoms with van der Waals surface area (Å²) in [5, 5.41) is 12.0. The highest BCUT2D eigenvalue weighted by atomic mass is 32.2. The summed E-state index contributed by atoms with van der Waals surface area (Å²) in [4.78, 5) is 11.0. The number of hydrogen-bond donors (Lipinski definition) is 3. The van der Waals surface area contributed by atoms with Crippen LogP contribution < -0.4 is 5.32 Å². The molecule has 5 nitrogen and oxygen atoms in total. The van der Waals surface area contributed by atoms with Crippen molar-refractivity contribution >= 4 is 15.7 Å². The number of unbranched alkanes of at least 4 members (excludes halogenated alkanes) is 2. The zero-order valence-corrected chi connectivity index (χ0v) is 12.2. The summed E-state index contributed by atoms with van der Waals surface area (Å²) in [6, 6.07) is -0.677. The zero-order chi connectivity index (χ0) is 14.0. The fourth-order valence-corrected chi connectivity index (χ4v) is 3.13. The van der Waals surface area contributed by atoms with E-state index in [0.717, 1.165) is 25.7 Å². The molecule has 0 saturated carbocycles. The molecule has 0 aromatic carbocycles. The summed E-state index contributed by atoms with van der Waals surface area (Å²) in [5.74, 6) is -0.370. The number of rotatable bonds is 11. The molecule has 0 aromatic rings. The average molecular weight is 278 g/mol. The molecule has 0 saturated heterocycles. The van der Waals surface area contributed by atoms with E-state index in [0.29, 0.717) is 12.3 Å². The van der Waals surface area contributed by atoms with E-state index in [9.17, 15) is 9.00 Å². The standard InChI is InChI=1S/C12H26N2O3S/c1-3-5-8-14-11(12(15)16)7-10-18(13,17)9-6-4-2/h11,13-14H,3-10H2,1-2H3,(H,15,16)/t11-,18?/m0/s1. The van der Waals surface area contributed by atoms with Crippen LogP contribution in [0.2, 0.25) is 0 Å². The summed E-state index contributed by atoms with van der Waals surface area (Å²) in [5.41, 5.74) is 0. The van der Waals surface area contributed by atoms with E-state index < -0.39 is 21.7 Å². The summed E-state index contributed by atoms with van der Waals surface area (Å²) in [6.45, 7) is 4.68. The molecular formula is C12H26N2O3S. The second kappa shape index (κ2) is 9.33. The molecule has 18 heavy (non-hydrogen) atoms. The molecule has 6 heteroatoms. The summed E-state index contributed by atoms with van der Waals surface area (Å²) >= 11 is 0. The van der Waals surface area contributed by atoms with Gasteiger partial charge in [-0.05, 0) is 25.8 Å². The molecule has 0 rings (SSSR count). The second-order valence-corrected chi connectivity index (χ2v) is 7.00. The highest BCUT2D eigenvalue weighted by molar-refractivity contribution is 7.92. The van der Waals surface area contributed by atoms with Crippen LogP contribution in [-0.4, -0.2) is 39.4 Å². The molecule has 3 N–H and O–H groups in total. The SMILES string of the molecule is CCCCN[C@@H](CCS(=N)(=O)CCCC)C(=O)O. The van der Waals surface area contributed by atoms with Crippen LogP contribution in [0.3, 0.4) is 0 Å². The maximum absolute atomic E-state index is 11.8. The monoisotopic (exact) mass is 278 g/mol. The summed E-state index contributed by atoms with van der Waals surface area (Å²) in [6.07, 6.45) is 3.88. The molecule has 0 amide bonds. The maximum atomic E-state index is 11.8. The minimum atomic E-state index is -2.61. The summed E-state index contributed by atoms with van der Waals surface area (Å²) < 4.78 is 19.5. The third-order valence-electron chi connectivity index (χ3n) is 2.78. The Morgan fingerprint density at radius 3 is 2.39 bits per heavy atom. The van der Waals surface area contributed by atoms with Crippen LogP contribution in [0.5, 0.6) is 0 Å². The van der Waals surface area contributed by atoms with Gasteiger partial charge in [0.25, 0.3) is 0 Å². The third-order valence-corrected chi connectivity index (χ3v) is 4.63. The number of carboxylic acids is 1. The Labute approximate surface area is 110 Å². The molecule has 0 spiro atoms. The predicted molar refractivity (Wildman–Crippen MR) is 74.5 cm³/mol. The minimum absolute atomic E-state index is 0.170. The van der Waals surface area contributed by atoms with Crippen molar-refractivity contribution in [3.8, 4) is 0 Å². The Hall–Kier alpha value is -0.620. The van der Waals surface area contributed by atoms with Crippen molar-refractivity contribution in [3.63, 3.8) is 0 Å². The van der Waals surface area contributed by atoms with Gasteiger partial charge in [0.15, 0.2) is 0 Å². The topological polar surface area (TPSA) is 90.3 Å². The Bertz CT molecular complexity index is 328. The zero-order valence-electron chi connectivity index (χ0n) is 11.4. The normalized spacial score (nSPS) is 16.1. The third kappa shape index (κ3) is 8.47. The van der Waals surface area contributed by atoms with Gasteiger partial charge in [0.05, 0.1) is 0 Å². The van der Waals surface area contributed by atoms with Crippen molar-refractivity contribution < 1.29 is 14.1 Å². The van der Waals surface area contributed by atoms with Crippen LogP contribution in [0.15, 0.2) is 0 Å². The van der Waals surface area contributed by atoms with E-state index in [1.54, 1.807) is 0 Å². The largest absolute Gasteiger partial charge is 0.480 e. The van der Waals surface area contributed by atoms with Crippen LogP contribution in [0.4, 0.5) is 0 Å². The van der Waals surface area contributed by atoms with Crippen molar-refractivity contribution in [2.24, 2.45) is 0 Å². The van der Waals surface area contributed by atoms with E-state index in [1.165, 1.54) is 0 Å². The highest BCUT2D eigenvalue weighted by Gasteiger charge is 2.18. The molecule has 0 aromatic heterocycles. The molecular weight excluding hydrogens is 252 g/mol. The van der Waals surface area contributed by atoms with Crippen LogP contribution in [-0.2, 0) is 14.5 Å². The van der Waals surface area contributed by atoms with Gasteiger partial charge in [-0.2, -0.15) is 0 Å². The van der Waals surface area contributed by atoms with Gasteiger partial charge in [-0.15, -0.1) is 0 Å². The number of aliphatic carboxylic acids is 1. The first-order valence-corrected chi connectivity index (χ1v) is 8.53. The van der Waals surface area contributed by atoms with Gasteiger partial charge in [0, 0.05) is 21.2 Å². The van der Waals surface area contributed by atoms with Gasteiger partial charge >= 0.3 is 5.97 Å². The van der Waals surface area contributed by atoms with E-state index in [2.05, 4.69) is 5.32 Å². The molecule has 0 heterocycles. The van der Waals surface area contributed by atoms with Gasteiger partial charge in [0.2, 0.25) is 0 Å². The van der Waals surface area contributed by atoms with Crippen molar-refractivity contribution in [1.82, 2.24) is 5.32 Å². The average Bonchev–Trinajstić information content (AvgIpc) is 2.30. The predicted octanol–water partition coefficient (Wildman–Crippen LogP) is 2.07. The minimum Gasteiger partial charge on any atom is -0.480 e. The lowest BCUT2D eigenvalue weighted by Gasteiger charge is -2.15. The number of carboxylic acid groups (broad SMARTS) is 1. The van der Waals surface area contributed by atoms with Crippen LogP contribution in [0, 0.1) is 4.78 Å². The van der Waals surface area contributed by atoms with Gasteiger partial charge in [-0.25, -0.2) is 4.21 Å². The van der Waals surface area contributed by atoms with E-state index in [1.807, 2.05) is 13.8 Å². The lowest BCUT2D eigenvalue weighted by atomic mass is 10.2. The van der Waals surface area contributed by atoms with Crippen molar-refractivity contribution in [1.29, 1.82) is 4.78 Å². The molecule has 2 atom stereocenters. The van der Waals surface area contributed by atoms with Gasteiger partial charge in [0.1, 0.15) is 6.04 Å². The molecule has 0 aliphatic rings. The van der Waals surface area contributed by atoms with Crippen LogP contribution in [0.1, 0.15) is 46.0 Å². The molecule has 108 valence electrons. The fourth-order valence-electron chi connectivity index (χ4n) is 1.55. The van der Waals surface area contributed by atoms with Crippen molar-refractivity contribution in [2.75, 3.05) is 18.1 Å². The Morgan fingerprint density at radius 1 is 1.28 bits per heavy atom. The smallest absolute Gasteiger partial charge is 0.320 e. The van der Waals surface area contributed by atoms with E-state index >= 15 is 0 Å². The van der Waals surface area contributed by atoms with E-state index in [-0.39, 0.29) is 12.2 Å². The first kappa shape index (κ1) is 17.4. The first-order valence-electron chi connectivity index (χ1n) is 6.63. The summed E-state index contributed by atoms with van der Waals surface area (Å²) in [7, 11) is -2.61. The molecule has 0 aliphatic heterocycles. The van der Waals surface area contributed by atoms with Crippen LogP contribution in [0.25, 0.3) is 0 Å². The van der Waals surface area contributed by atoms with Crippen LogP contribution >= 0.6 is 0 Å². The molecule has 0 fully saturated rings. The number of nitrogens with one attached hydrogen (secondary N) is 2.